The highest BCUT2D eigenvalue weighted by molar-refractivity contribution is 5.91. The second-order valence-electron chi connectivity index (χ2n) is 4.50. The van der Waals surface area contributed by atoms with E-state index in [1.54, 1.807) is 17.1 Å². The molecule has 1 aromatic heterocycles. The monoisotopic (exact) mass is 283 g/mol. The fraction of sp³-hybridized carbons (Fsp3) is 0.267. The van der Waals surface area contributed by atoms with Crippen LogP contribution >= 0.6 is 0 Å². The first-order valence-electron chi connectivity index (χ1n) is 6.62. The number of benzene rings is 1. The summed E-state index contributed by atoms with van der Waals surface area (Å²) in [6.45, 7) is 2.77. The topological polar surface area (TPSA) is 85.8 Å². The van der Waals surface area contributed by atoms with Gasteiger partial charge in [-0.15, -0.1) is 5.10 Å². The third-order valence-corrected chi connectivity index (χ3v) is 2.88. The van der Waals surface area contributed by atoms with E-state index in [9.17, 15) is 4.79 Å². The van der Waals surface area contributed by atoms with Crippen LogP contribution in [-0.4, -0.2) is 27.4 Å². The summed E-state index contributed by atoms with van der Waals surface area (Å²) in [5.41, 5.74) is 7.98. The number of carbonyl (C=O) groups is 1. The van der Waals surface area contributed by atoms with Crippen LogP contribution < -0.4 is 11.1 Å². The summed E-state index contributed by atoms with van der Waals surface area (Å²) in [7, 11) is 0. The average Bonchev–Trinajstić information content (AvgIpc) is 2.99. The first kappa shape index (κ1) is 14.8. The molecular weight excluding hydrogens is 266 g/mol. The van der Waals surface area contributed by atoms with E-state index in [1.807, 2.05) is 25.1 Å². The van der Waals surface area contributed by atoms with Crippen molar-refractivity contribution in [2.75, 3.05) is 11.9 Å². The van der Waals surface area contributed by atoms with Gasteiger partial charge in [0.2, 0.25) is 5.91 Å². The van der Waals surface area contributed by atoms with Crippen LogP contribution in [0.15, 0.2) is 30.6 Å². The lowest BCUT2D eigenvalue weighted by Crippen LogP contribution is -2.15. The first-order valence-corrected chi connectivity index (χ1v) is 6.62. The molecule has 1 heterocycles. The van der Waals surface area contributed by atoms with E-state index in [-0.39, 0.29) is 5.91 Å². The van der Waals surface area contributed by atoms with Crippen LogP contribution in [-0.2, 0) is 11.3 Å². The van der Waals surface area contributed by atoms with Gasteiger partial charge in [0.1, 0.15) is 0 Å². The van der Waals surface area contributed by atoms with Crippen molar-refractivity contribution in [3.63, 3.8) is 0 Å². The number of carbonyl (C=O) groups excluding carboxylic acids is 1. The van der Waals surface area contributed by atoms with Crippen LogP contribution in [0.2, 0.25) is 0 Å². The lowest BCUT2D eigenvalue weighted by Gasteiger charge is -2.08. The highest BCUT2D eigenvalue weighted by Gasteiger charge is 2.05. The van der Waals surface area contributed by atoms with Crippen LogP contribution in [0.25, 0.3) is 0 Å². The van der Waals surface area contributed by atoms with E-state index in [0.29, 0.717) is 19.5 Å². The Labute approximate surface area is 123 Å². The third kappa shape index (κ3) is 4.44. The normalized spacial score (nSPS) is 9.81. The van der Waals surface area contributed by atoms with Gasteiger partial charge in [0.15, 0.2) is 0 Å². The van der Waals surface area contributed by atoms with Crippen molar-refractivity contribution in [3.8, 4) is 11.8 Å². The molecule has 0 atom stereocenters. The molecule has 6 heteroatoms. The molecule has 3 N–H and O–H groups in total. The molecule has 2 rings (SSSR count). The minimum absolute atomic E-state index is 0.0607. The van der Waals surface area contributed by atoms with Crippen molar-refractivity contribution < 1.29 is 4.79 Å². The molecule has 2 aromatic rings. The van der Waals surface area contributed by atoms with Gasteiger partial charge in [-0.2, -0.15) is 0 Å². The maximum absolute atomic E-state index is 11.9. The van der Waals surface area contributed by atoms with Gasteiger partial charge in [-0.05, 0) is 30.7 Å². The van der Waals surface area contributed by atoms with Gasteiger partial charge in [0.25, 0.3) is 0 Å². The molecule has 0 aliphatic carbocycles. The van der Waals surface area contributed by atoms with Gasteiger partial charge in [-0.3, -0.25) is 9.48 Å². The molecule has 0 aliphatic heterocycles. The Balaban J connectivity index is 1.94. The van der Waals surface area contributed by atoms with Crippen molar-refractivity contribution in [3.05, 3.63) is 41.7 Å². The Morgan fingerprint density at radius 1 is 1.48 bits per heavy atom. The molecule has 0 saturated heterocycles. The quantitative estimate of drug-likeness (QED) is 0.817. The van der Waals surface area contributed by atoms with Crippen molar-refractivity contribution in [1.82, 2.24) is 15.0 Å². The predicted molar refractivity (Wildman–Crippen MR) is 80.4 cm³/mol. The van der Waals surface area contributed by atoms with Gasteiger partial charge in [-0.1, -0.05) is 17.1 Å². The van der Waals surface area contributed by atoms with Crippen molar-refractivity contribution >= 4 is 11.6 Å². The summed E-state index contributed by atoms with van der Waals surface area (Å²) >= 11 is 0. The van der Waals surface area contributed by atoms with E-state index < -0.39 is 0 Å². The van der Waals surface area contributed by atoms with E-state index in [2.05, 4.69) is 27.5 Å². The average molecular weight is 283 g/mol. The zero-order chi connectivity index (χ0) is 15.1. The molecule has 0 unspecified atom stereocenters. The Bertz CT molecular complexity index is 667. The first-order chi connectivity index (χ1) is 10.2. The zero-order valence-corrected chi connectivity index (χ0v) is 11.8. The lowest BCUT2D eigenvalue weighted by molar-refractivity contribution is -0.116. The number of hydrogen-bond acceptors (Lipinski definition) is 4. The van der Waals surface area contributed by atoms with Crippen LogP contribution in [0.4, 0.5) is 5.69 Å². The molecule has 1 amide bonds. The molecular formula is C15H17N5O. The van der Waals surface area contributed by atoms with E-state index in [1.165, 1.54) is 0 Å². The minimum Gasteiger partial charge on any atom is -0.326 e. The third-order valence-electron chi connectivity index (χ3n) is 2.88. The van der Waals surface area contributed by atoms with Crippen LogP contribution in [0.5, 0.6) is 0 Å². The summed E-state index contributed by atoms with van der Waals surface area (Å²) in [6.07, 6.45) is 3.66. The fourth-order valence-corrected chi connectivity index (χ4v) is 1.82. The van der Waals surface area contributed by atoms with Gasteiger partial charge in [-0.25, -0.2) is 0 Å². The fourth-order valence-electron chi connectivity index (χ4n) is 1.82. The second kappa shape index (κ2) is 7.22. The number of rotatable bonds is 4. The largest absolute Gasteiger partial charge is 0.326 e. The van der Waals surface area contributed by atoms with Gasteiger partial charge in [0, 0.05) is 23.9 Å². The Morgan fingerprint density at radius 2 is 2.33 bits per heavy atom. The molecule has 108 valence electrons. The summed E-state index contributed by atoms with van der Waals surface area (Å²) in [5, 5.41) is 10.4. The van der Waals surface area contributed by atoms with Crippen LogP contribution in [0, 0.1) is 18.8 Å². The molecule has 6 nitrogen and oxygen atoms in total. The number of aromatic nitrogens is 3. The number of aryl methyl sites for hydroxylation is 2. The molecule has 0 radical (unpaired) electrons. The molecule has 0 fully saturated rings. The maximum atomic E-state index is 11.9. The number of hydrogen-bond donors (Lipinski definition) is 2. The van der Waals surface area contributed by atoms with Gasteiger partial charge >= 0.3 is 0 Å². The highest BCUT2D eigenvalue weighted by Crippen LogP contribution is 2.16. The molecule has 1 aromatic carbocycles. The number of nitrogens with two attached hydrogens (primary N) is 1. The molecule has 0 spiro atoms. The standard InChI is InChI=1S/C15H17N5O/c1-12-11-13(3-2-7-16)4-5-14(12)18-15(21)6-9-20-10-8-17-19-20/h4-5,8,10-11H,6-7,9,16H2,1H3,(H,18,21). The predicted octanol–water partition coefficient (Wildman–Crippen LogP) is 0.926. The summed E-state index contributed by atoms with van der Waals surface area (Å²) in [5.74, 6) is 5.71. The number of nitrogens with one attached hydrogen (secondary N) is 1. The summed E-state index contributed by atoms with van der Waals surface area (Å²) in [4.78, 5) is 11.9. The zero-order valence-electron chi connectivity index (χ0n) is 11.8. The Hall–Kier alpha value is -2.65. The van der Waals surface area contributed by atoms with Crippen LogP contribution in [0.1, 0.15) is 17.5 Å². The van der Waals surface area contributed by atoms with E-state index in [0.717, 1.165) is 16.8 Å². The highest BCUT2D eigenvalue weighted by atomic mass is 16.1. The molecule has 21 heavy (non-hydrogen) atoms. The van der Waals surface area contributed by atoms with Crippen molar-refractivity contribution in [2.45, 2.75) is 19.9 Å². The minimum atomic E-state index is -0.0607. The van der Waals surface area contributed by atoms with Gasteiger partial charge in [0.05, 0.1) is 19.3 Å². The van der Waals surface area contributed by atoms with E-state index >= 15 is 0 Å². The number of amides is 1. The molecule has 0 aliphatic rings. The molecule has 0 bridgehead atoms. The van der Waals surface area contributed by atoms with Gasteiger partial charge < -0.3 is 11.1 Å². The number of nitrogens with zero attached hydrogens (tertiary/aromatic N) is 3. The van der Waals surface area contributed by atoms with Crippen molar-refractivity contribution in [1.29, 1.82) is 0 Å². The Kier molecular flexibility index (Phi) is 5.07. The maximum Gasteiger partial charge on any atom is 0.226 e. The Morgan fingerprint density at radius 3 is 3.00 bits per heavy atom. The number of anilines is 1. The molecule has 0 saturated carbocycles. The smallest absolute Gasteiger partial charge is 0.226 e. The van der Waals surface area contributed by atoms with Crippen molar-refractivity contribution in [2.24, 2.45) is 5.73 Å². The SMILES string of the molecule is Cc1cc(C#CCN)ccc1NC(=O)CCn1ccnn1. The lowest BCUT2D eigenvalue weighted by atomic mass is 10.1. The second-order valence-corrected chi connectivity index (χ2v) is 4.50. The van der Waals surface area contributed by atoms with E-state index in [4.69, 9.17) is 5.73 Å². The van der Waals surface area contributed by atoms with Crippen LogP contribution in [0.3, 0.4) is 0 Å². The summed E-state index contributed by atoms with van der Waals surface area (Å²) in [6, 6.07) is 5.64. The summed E-state index contributed by atoms with van der Waals surface area (Å²) < 4.78 is 1.62.